The summed E-state index contributed by atoms with van der Waals surface area (Å²) in [6.07, 6.45) is -6.20. The predicted octanol–water partition coefficient (Wildman–Crippen LogP) is 1.10. The second kappa shape index (κ2) is 7.71. The molecule has 0 saturated carbocycles. The minimum Gasteiger partial charge on any atom is -0.481 e. The molecule has 0 radical (unpaired) electrons. The summed E-state index contributed by atoms with van der Waals surface area (Å²) in [5, 5.41) is 9.90. The molecule has 0 aromatic rings. The standard InChI is InChI=1S/C11H16F3NO5/c1-6(2)5-20-9(18)7(3-4-8(16)17)15-10(19)11(12,13)14/h6-7H,3-5H2,1-2H3,(H,15,19)(H,16,17). The Morgan fingerprint density at radius 3 is 2.20 bits per heavy atom. The number of hydrogen-bond donors (Lipinski definition) is 2. The van der Waals surface area contributed by atoms with Crippen LogP contribution in [-0.4, -0.2) is 41.8 Å². The Hall–Kier alpha value is -1.80. The monoisotopic (exact) mass is 299 g/mol. The van der Waals surface area contributed by atoms with Gasteiger partial charge in [0.25, 0.3) is 0 Å². The van der Waals surface area contributed by atoms with Gasteiger partial charge in [-0.15, -0.1) is 0 Å². The number of nitrogens with one attached hydrogen (secondary N) is 1. The maximum absolute atomic E-state index is 12.1. The van der Waals surface area contributed by atoms with E-state index in [0.717, 1.165) is 0 Å². The number of carbonyl (C=O) groups is 3. The zero-order valence-electron chi connectivity index (χ0n) is 11.0. The molecule has 0 rings (SSSR count). The van der Waals surface area contributed by atoms with Crippen molar-refractivity contribution in [2.45, 2.75) is 38.9 Å². The molecule has 2 N–H and O–H groups in total. The van der Waals surface area contributed by atoms with E-state index in [9.17, 15) is 27.6 Å². The van der Waals surface area contributed by atoms with Crippen molar-refractivity contribution in [2.75, 3.05) is 6.61 Å². The van der Waals surface area contributed by atoms with E-state index in [1.807, 2.05) is 0 Å². The molecule has 6 nitrogen and oxygen atoms in total. The summed E-state index contributed by atoms with van der Waals surface area (Å²) < 4.78 is 41.0. The molecule has 0 aliphatic heterocycles. The van der Waals surface area contributed by atoms with Crippen molar-refractivity contribution in [3.8, 4) is 0 Å². The quantitative estimate of drug-likeness (QED) is 0.687. The lowest BCUT2D eigenvalue weighted by Gasteiger charge is -2.18. The first-order valence-corrected chi connectivity index (χ1v) is 5.80. The van der Waals surface area contributed by atoms with Gasteiger partial charge in [0.2, 0.25) is 0 Å². The van der Waals surface area contributed by atoms with Gasteiger partial charge in [-0.2, -0.15) is 13.2 Å². The summed E-state index contributed by atoms with van der Waals surface area (Å²) in [5.74, 6) is -4.74. The largest absolute Gasteiger partial charge is 0.481 e. The summed E-state index contributed by atoms with van der Waals surface area (Å²) in [6, 6.07) is -1.64. The van der Waals surface area contributed by atoms with E-state index in [1.54, 1.807) is 13.8 Å². The van der Waals surface area contributed by atoms with Crippen LogP contribution < -0.4 is 5.32 Å². The summed E-state index contributed by atoms with van der Waals surface area (Å²) >= 11 is 0. The van der Waals surface area contributed by atoms with Crippen molar-refractivity contribution in [1.82, 2.24) is 5.32 Å². The molecular formula is C11H16F3NO5. The first-order chi connectivity index (χ1) is 9.04. The fourth-order valence-corrected chi connectivity index (χ4v) is 1.11. The molecule has 0 aromatic heterocycles. The van der Waals surface area contributed by atoms with Gasteiger partial charge in [-0.3, -0.25) is 9.59 Å². The molecule has 0 aromatic carbocycles. The van der Waals surface area contributed by atoms with Crippen molar-refractivity contribution >= 4 is 17.8 Å². The molecule has 20 heavy (non-hydrogen) atoms. The number of carboxylic acid groups (broad SMARTS) is 1. The van der Waals surface area contributed by atoms with Crippen LogP contribution in [0.3, 0.4) is 0 Å². The van der Waals surface area contributed by atoms with Crippen LogP contribution in [0, 0.1) is 5.92 Å². The van der Waals surface area contributed by atoms with Crippen LogP contribution in [-0.2, 0) is 19.1 Å². The molecule has 116 valence electrons. The number of amides is 1. The van der Waals surface area contributed by atoms with Crippen LogP contribution in [0.25, 0.3) is 0 Å². The molecule has 0 bridgehead atoms. The second-order valence-electron chi connectivity index (χ2n) is 4.48. The molecule has 0 fully saturated rings. The van der Waals surface area contributed by atoms with Crippen LogP contribution in [0.1, 0.15) is 26.7 Å². The smallest absolute Gasteiger partial charge is 0.471 e. The van der Waals surface area contributed by atoms with Gasteiger partial charge in [-0.1, -0.05) is 13.8 Å². The lowest BCUT2D eigenvalue weighted by Crippen LogP contribution is -2.47. The highest BCUT2D eigenvalue weighted by molar-refractivity contribution is 5.87. The van der Waals surface area contributed by atoms with E-state index in [1.165, 1.54) is 5.32 Å². The number of hydrogen-bond acceptors (Lipinski definition) is 4. The number of halogens is 3. The molecule has 0 spiro atoms. The Labute approximate surface area is 113 Å². The molecule has 0 aliphatic carbocycles. The van der Waals surface area contributed by atoms with E-state index in [4.69, 9.17) is 9.84 Å². The molecule has 0 aliphatic rings. The van der Waals surface area contributed by atoms with Crippen LogP contribution in [0.4, 0.5) is 13.2 Å². The maximum Gasteiger partial charge on any atom is 0.471 e. The number of alkyl halides is 3. The first kappa shape index (κ1) is 18.2. The summed E-state index contributed by atoms with van der Waals surface area (Å²) in [4.78, 5) is 32.7. The van der Waals surface area contributed by atoms with E-state index in [-0.39, 0.29) is 12.5 Å². The normalized spacial score (nSPS) is 12.9. The van der Waals surface area contributed by atoms with Crippen molar-refractivity contribution in [3.05, 3.63) is 0 Å². The lowest BCUT2D eigenvalue weighted by molar-refractivity contribution is -0.176. The molecule has 9 heteroatoms. The summed E-state index contributed by atoms with van der Waals surface area (Å²) in [6.45, 7) is 3.39. The average Bonchev–Trinajstić information content (AvgIpc) is 2.29. The summed E-state index contributed by atoms with van der Waals surface area (Å²) in [7, 11) is 0. The van der Waals surface area contributed by atoms with Gasteiger partial charge < -0.3 is 15.2 Å². The van der Waals surface area contributed by atoms with Gasteiger partial charge in [0, 0.05) is 6.42 Å². The third-order valence-electron chi connectivity index (χ3n) is 2.05. The van der Waals surface area contributed by atoms with Crippen molar-refractivity contribution in [3.63, 3.8) is 0 Å². The van der Waals surface area contributed by atoms with Gasteiger partial charge in [-0.05, 0) is 12.3 Å². The second-order valence-corrected chi connectivity index (χ2v) is 4.48. The minimum atomic E-state index is -5.15. The Morgan fingerprint density at radius 1 is 1.25 bits per heavy atom. The van der Waals surface area contributed by atoms with Crippen molar-refractivity contribution in [2.24, 2.45) is 5.92 Å². The lowest BCUT2D eigenvalue weighted by atomic mass is 10.1. The van der Waals surface area contributed by atoms with Crippen LogP contribution in [0.5, 0.6) is 0 Å². The Morgan fingerprint density at radius 2 is 1.80 bits per heavy atom. The van der Waals surface area contributed by atoms with E-state index in [2.05, 4.69) is 0 Å². The number of rotatable bonds is 7. The molecule has 1 atom stereocenters. The average molecular weight is 299 g/mol. The van der Waals surface area contributed by atoms with Gasteiger partial charge in [0.15, 0.2) is 0 Å². The molecule has 1 amide bonds. The number of esters is 1. The topological polar surface area (TPSA) is 92.7 Å². The highest BCUT2D eigenvalue weighted by Gasteiger charge is 2.41. The van der Waals surface area contributed by atoms with Gasteiger partial charge in [0.1, 0.15) is 6.04 Å². The highest BCUT2D eigenvalue weighted by atomic mass is 19.4. The van der Waals surface area contributed by atoms with Crippen molar-refractivity contribution < 1.29 is 37.4 Å². The highest BCUT2D eigenvalue weighted by Crippen LogP contribution is 2.15. The molecule has 1 unspecified atom stereocenters. The van der Waals surface area contributed by atoms with Gasteiger partial charge >= 0.3 is 24.0 Å². The zero-order valence-corrected chi connectivity index (χ0v) is 11.0. The number of carbonyl (C=O) groups excluding carboxylic acids is 2. The summed E-state index contributed by atoms with van der Waals surface area (Å²) in [5.41, 5.74) is 0. The number of carboxylic acids is 1. The van der Waals surface area contributed by atoms with Gasteiger partial charge in [-0.25, -0.2) is 4.79 Å². The molecule has 0 saturated heterocycles. The minimum absolute atomic E-state index is 0.0374. The fourth-order valence-electron chi connectivity index (χ4n) is 1.11. The van der Waals surface area contributed by atoms with Crippen LogP contribution in [0.15, 0.2) is 0 Å². The zero-order chi connectivity index (χ0) is 15.9. The SMILES string of the molecule is CC(C)COC(=O)C(CCC(=O)O)NC(=O)C(F)(F)F. The Bertz CT molecular complexity index is 368. The van der Waals surface area contributed by atoms with E-state index in [0.29, 0.717) is 0 Å². The van der Waals surface area contributed by atoms with Gasteiger partial charge in [0.05, 0.1) is 6.61 Å². The van der Waals surface area contributed by atoms with Crippen molar-refractivity contribution in [1.29, 1.82) is 0 Å². The van der Waals surface area contributed by atoms with Crippen LogP contribution >= 0.6 is 0 Å². The number of aliphatic carboxylic acids is 1. The third kappa shape index (κ3) is 7.59. The maximum atomic E-state index is 12.1. The fraction of sp³-hybridized carbons (Fsp3) is 0.727. The molecule has 0 heterocycles. The number of ether oxygens (including phenoxy) is 1. The van der Waals surface area contributed by atoms with E-state index >= 15 is 0 Å². The predicted molar refractivity (Wildman–Crippen MR) is 60.7 cm³/mol. The first-order valence-electron chi connectivity index (χ1n) is 5.80. The third-order valence-corrected chi connectivity index (χ3v) is 2.05. The Kier molecular flexibility index (Phi) is 7.01. The van der Waals surface area contributed by atoms with Crippen LogP contribution in [0.2, 0.25) is 0 Å². The Balaban J connectivity index is 4.67. The van der Waals surface area contributed by atoms with E-state index < -0.39 is 42.9 Å². The molecular weight excluding hydrogens is 283 g/mol.